The number of ether oxygens (including phenoxy) is 3. The fourth-order valence-electron chi connectivity index (χ4n) is 4.68. The van der Waals surface area contributed by atoms with Gasteiger partial charge in [-0.2, -0.15) is 0 Å². The number of rotatable bonds is 5. The Balaban J connectivity index is 1.59. The van der Waals surface area contributed by atoms with Gasteiger partial charge >= 0.3 is 0 Å². The van der Waals surface area contributed by atoms with Gasteiger partial charge in [0.2, 0.25) is 0 Å². The van der Waals surface area contributed by atoms with Crippen molar-refractivity contribution < 1.29 is 18.6 Å². The van der Waals surface area contributed by atoms with Crippen molar-refractivity contribution in [3.8, 4) is 17.2 Å². The lowest BCUT2D eigenvalue weighted by Gasteiger charge is -2.42. The fraction of sp³-hybridized carbons (Fsp3) is 0.207. The molecule has 5 heteroatoms. The summed E-state index contributed by atoms with van der Waals surface area (Å²) in [5.41, 5.74) is 3.79. The zero-order valence-corrected chi connectivity index (χ0v) is 19.2. The molecule has 0 N–H and O–H groups in total. The Morgan fingerprint density at radius 1 is 0.882 bits per heavy atom. The molecule has 0 amide bonds. The van der Waals surface area contributed by atoms with Gasteiger partial charge < -0.3 is 18.6 Å². The first kappa shape index (κ1) is 20.6. The third-order valence-electron chi connectivity index (χ3n) is 6.32. The van der Waals surface area contributed by atoms with E-state index < -0.39 is 5.60 Å². The number of hydrogen-bond donors (Lipinski definition) is 0. The number of aryl methyl sites for hydroxylation is 1. The number of nitrogens with zero attached hydrogens (tertiary/aromatic N) is 1. The molecule has 3 heterocycles. The summed E-state index contributed by atoms with van der Waals surface area (Å²) in [6.07, 6.45) is 3.71. The molecule has 0 fully saturated rings. The Labute approximate surface area is 198 Å². The van der Waals surface area contributed by atoms with E-state index in [0.717, 1.165) is 52.3 Å². The highest BCUT2D eigenvalue weighted by atomic mass is 16.5. The van der Waals surface area contributed by atoms with Gasteiger partial charge in [-0.25, -0.2) is 4.99 Å². The second kappa shape index (κ2) is 8.10. The molecule has 0 saturated heterocycles. The smallest absolute Gasteiger partial charge is 0.259 e. The summed E-state index contributed by atoms with van der Waals surface area (Å²) in [6.45, 7) is 4.88. The first-order valence-corrected chi connectivity index (χ1v) is 11.7. The zero-order valence-electron chi connectivity index (χ0n) is 19.2. The molecule has 0 bridgehead atoms. The molecule has 0 aliphatic carbocycles. The minimum Gasteiger partial charge on any atom is -0.493 e. The molecule has 5 nitrogen and oxygen atoms in total. The lowest BCUT2D eigenvalue weighted by molar-refractivity contribution is 0.121. The maximum Gasteiger partial charge on any atom is 0.259 e. The van der Waals surface area contributed by atoms with Crippen molar-refractivity contribution in [3.63, 3.8) is 0 Å². The topological polar surface area (TPSA) is 53.2 Å². The predicted molar refractivity (Wildman–Crippen MR) is 130 cm³/mol. The van der Waals surface area contributed by atoms with Crippen LogP contribution in [0.1, 0.15) is 47.8 Å². The number of furan rings is 1. The maximum absolute atomic E-state index is 6.85. The first-order valence-electron chi connectivity index (χ1n) is 11.7. The Morgan fingerprint density at radius 2 is 1.71 bits per heavy atom. The third kappa shape index (κ3) is 3.19. The molecule has 34 heavy (non-hydrogen) atoms. The van der Waals surface area contributed by atoms with E-state index in [4.69, 9.17) is 23.6 Å². The number of unbranched alkanes of at least 4 members (excludes halogenated alkanes) is 1. The molecule has 1 spiro atoms. The highest BCUT2D eigenvalue weighted by Crippen LogP contribution is 2.56. The number of para-hydroxylation sites is 1. The fourth-order valence-corrected chi connectivity index (χ4v) is 4.68. The molecular formula is C29H25NO4. The summed E-state index contributed by atoms with van der Waals surface area (Å²) in [6, 6.07) is 24.0. The Morgan fingerprint density at radius 3 is 2.53 bits per heavy atom. The van der Waals surface area contributed by atoms with Gasteiger partial charge in [-0.3, -0.25) is 0 Å². The van der Waals surface area contributed by atoms with E-state index in [1.807, 2.05) is 48.5 Å². The van der Waals surface area contributed by atoms with Crippen LogP contribution in [0.5, 0.6) is 17.2 Å². The monoisotopic (exact) mass is 451 g/mol. The van der Waals surface area contributed by atoms with E-state index in [-0.39, 0.29) is 0 Å². The Hall–Kier alpha value is -3.99. The average Bonchev–Trinajstić information content (AvgIpc) is 3.39. The van der Waals surface area contributed by atoms with Crippen LogP contribution in [0, 0.1) is 6.92 Å². The van der Waals surface area contributed by atoms with Crippen molar-refractivity contribution in [2.45, 2.75) is 32.3 Å². The van der Waals surface area contributed by atoms with Crippen LogP contribution in [0.3, 0.4) is 0 Å². The standard InChI is InChI=1S/C29H25NO4/c1-3-4-15-31-20-12-14-23-27(18-20)33-26-17-19(2)11-13-22(26)29(23)21-8-5-6-9-24(21)30-28(34-29)25-10-7-16-32-25/h5-14,16-18H,3-4,15H2,1-2H3. The maximum atomic E-state index is 6.85. The van der Waals surface area contributed by atoms with Crippen molar-refractivity contribution in [3.05, 3.63) is 107 Å². The first-order chi connectivity index (χ1) is 16.7. The van der Waals surface area contributed by atoms with Crippen molar-refractivity contribution in [1.29, 1.82) is 0 Å². The van der Waals surface area contributed by atoms with Crippen LogP contribution in [-0.4, -0.2) is 12.5 Å². The molecule has 6 rings (SSSR count). The van der Waals surface area contributed by atoms with Crippen LogP contribution in [0.4, 0.5) is 5.69 Å². The molecule has 1 aromatic heterocycles. The van der Waals surface area contributed by atoms with Gasteiger partial charge in [-0.05, 0) is 55.3 Å². The van der Waals surface area contributed by atoms with Crippen molar-refractivity contribution in [2.24, 2.45) is 4.99 Å². The van der Waals surface area contributed by atoms with Crippen LogP contribution in [0.25, 0.3) is 0 Å². The highest BCUT2D eigenvalue weighted by Gasteiger charge is 2.50. The lowest BCUT2D eigenvalue weighted by atomic mass is 9.76. The largest absolute Gasteiger partial charge is 0.493 e. The number of aliphatic imine (C=N–C) groups is 1. The molecule has 4 aromatic rings. The summed E-state index contributed by atoms with van der Waals surface area (Å²) in [5, 5.41) is 0. The van der Waals surface area contributed by atoms with Gasteiger partial charge in [0.15, 0.2) is 11.4 Å². The summed E-state index contributed by atoms with van der Waals surface area (Å²) < 4.78 is 25.0. The highest BCUT2D eigenvalue weighted by molar-refractivity contribution is 5.96. The van der Waals surface area contributed by atoms with Gasteiger partial charge in [0.1, 0.15) is 17.2 Å². The van der Waals surface area contributed by atoms with Gasteiger partial charge in [0, 0.05) is 22.8 Å². The number of benzene rings is 3. The van der Waals surface area contributed by atoms with Gasteiger partial charge in [-0.15, -0.1) is 0 Å². The lowest BCUT2D eigenvalue weighted by Crippen LogP contribution is -2.40. The van der Waals surface area contributed by atoms with Crippen LogP contribution in [0.15, 0.2) is 88.5 Å². The van der Waals surface area contributed by atoms with E-state index in [1.54, 1.807) is 6.26 Å². The quantitative estimate of drug-likeness (QED) is 0.299. The predicted octanol–water partition coefficient (Wildman–Crippen LogP) is 7.27. The minimum absolute atomic E-state index is 0.436. The number of hydrogen-bond acceptors (Lipinski definition) is 5. The molecular weight excluding hydrogens is 426 g/mol. The molecule has 1 atom stereocenters. The molecule has 2 aliphatic heterocycles. The normalized spacial score (nSPS) is 17.6. The minimum atomic E-state index is -0.945. The van der Waals surface area contributed by atoms with Crippen LogP contribution in [0.2, 0.25) is 0 Å². The molecule has 2 aliphatic rings. The van der Waals surface area contributed by atoms with Crippen LogP contribution in [-0.2, 0) is 10.3 Å². The van der Waals surface area contributed by atoms with E-state index in [1.165, 1.54) is 0 Å². The molecule has 0 radical (unpaired) electrons. The van der Waals surface area contributed by atoms with Gasteiger partial charge in [0.05, 0.1) is 18.6 Å². The molecule has 3 aromatic carbocycles. The second-order valence-corrected chi connectivity index (χ2v) is 8.66. The van der Waals surface area contributed by atoms with Crippen molar-refractivity contribution in [2.75, 3.05) is 6.61 Å². The molecule has 0 saturated carbocycles. The summed E-state index contributed by atoms with van der Waals surface area (Å²) in [4.78, 5) is 4.80. The Bertz CT molecular complexity index is 1390. The second-order valence-electron chi connectivity index (χ2n) is 8.66. The average molecular weight is 452 g/mol. The molecule has 1 unspecified atom stereocenters. The van der Waals surface area contributed by atoms with E-state index in [0.29, 0.717) is 24.0 Å². The third-order valence-corrected chi connectivity index (χ3v) is 6.32. The zero-order chi connectivity index (χ0) is 23.1. The van der Waals surface area contributed by atoms with Crippen LogP contribution < -0.4 is 9.47 Å². The van der Waals surface area contributed by atoms with E-state index >= 15 is 0 Å². The molecule has 170 valence electrons. The SMILES string of the molecule is CCCCOc1ccc2c(c1)Oc1cc(C)ccc1C21OC(c2ccco2)=Nc2ccccc21. The summed E-state index contributed by atoms with van der Waals surface area (Å²) in [5.74, 6) is 3.26. The van der Waals surface area contributed by atoms with Crippen molar-refractivity contribution >= 4 is 11.6 Å². The van der Waals surface area contributed by atoms with Gasteiger partial charge in [-0.1, -0.05) is 43.7 Å². The summed E-state index contributed by atoms with van der Waals surface area (Å²) in [7, 11) is 0. The van der Waals surface area contributed by atoms with E-state index in [2.05, 4.69) is 38.1 Å². The Kier molecular flexibility index (Phi) is 4.91. The van der Waals surface area contributed by atoms with E-state index in [9.17, 15) is 0 Å². The van der Waals surface area contributed by atoms with Crippen LogP contribution >= 0.6 is 0 Å². The van der Waals surface area contributed by atoms with Crippen molar-refractivity contribution in [1.82, 2.24) is 0 Å². The number of fused-ring (bicyclic) bond motifs is 6. The summed E-state index contributed by atoms with van der Waals surface area (Å²) >= 11 is 0. The van der Waals surface area contributed by atoms with Gasteiger partial charge in [0.25, 0.3) is 5.90 Å².